The van der Waals surface area contributed by atoms with E-state index in [1.54, 1.807) is 18.9 Å². The van der Waals surface area contributed by atoms with Gasteiger partial charge in [-0.1, -0.05) is 29.4 Å². The fourth-order valence-electron chi connectivity index (χ4n) is 2.60. The van der Waals surface area contributed by atoms with E-state index in [-0.39, 0.29) is 6.61 Å². The second kappa shape index (κ2) is 10.2. The number of nitrogens with zero attached hydrogens (tertiary/aromatic N) is 4. The van der Waals surface area contributed by atoms with Crippen molar-refractivity contribution in [1.82, 2.24) is 14.8 Å². The Morgan fingerprint density at radius 3 is 2.59 bits per heavy atom. The van der Waals surface area contributed by atoms with Crippen molar-refractivity contribution in [2.45, 2.75) is 31.5 Å². The monoisotopic (exact) mass is 428 g/mol. The van der Waals surface area contributed by atoms with Gasteiger partial charge in [0.05, 0.1) is 18.9 Å². The average Bonchev–Trinajstić information content (AvgIpc) is 3.15. The van der Waals surface area contributed by atoms with E-state index in [0.717, 1.165) is 34.3 Å². The van der Waals surface area contributed by atoms with Crippen molar-refractivity contribution in [3.8, 4) is 23.3 Å². The standard InChI is InChI=1S/C21H21ClN4O2S/c1-15-5-6-16(13-19(15)22)26-20(24-25-21(26)29-12-4-3-11-23)14-28-18-9-7-17(27-2)8-10-18/h5-10,13H,3-4,12,14H2,1-2H3. The largest absolute Gasteiger partial charge is 0.497 e. The van der Waals surface area contributed by atoms with Gasteiger partial charge in [0.25, 0.3) is 0 Å². The molecule has 0 fully saturated rings. The molecule has 0 atom stereocenters. The van der Waals surface area contributed by atoms with Gasteiger partial charge in [0.15, 0.2) is 11.0 Å². The summed E-state index contributed by atoms with van der Waals surface area (Å²) in [6.07, 6.45) is 1.31. The molecule has 2 aromatic carbocycles. The van der Waals surface area contributed by atoms with E-state index in [2.05, 4.69) is 16.3 Å². The molecule has 0 N–H and O–H groups in total. The van der Waals surface area contributed by atoms with Crippen LogP contribution in [-0.4, -0.2) is 27.6 Å². The average molecular weight is 429 g/mol. The molecular formula is C21H21ClN4O2S. The molecule has 3 aromatic rings. The number of benzene rings is 2. The number of hydrogen-bond donors (Lipinski definition) is 0. The fraction of sp³-hybridized carbons (Fsp3) is 0.286. The molecule has 0 aliphatic carbocycles. The number of aromatic nitrogens is 3. The van der Waals surface area contributed by atoms with Gasteiger partial charge in [-0.05, 0) is 55.3 Å². The highest BCUT2D eigenvalue weighted by Gasteiger charge is 2.16. The van der Waals surface area contributed by atoms with Gasteiger partial charge in [0.2, 0.25) is 0 Å². The van der Waals surface area contributed by atoms with Crippen molar-refractivity contribution in [2.24, 2.45) is 0 Å². The molecule has 29 heavy (non-hydrogen) atoms. The van der Waals surface area contributed by atoms with Gasteiger partial charge in [-0.15, -0.1) is 10.2 Å². The molecule has 3 rings (SSSR count). The van der Waals surface area contributed by atoms with Crippen molar-refractivity contribution in [1.29, 1.82) is 5.26 Å². The summed E-state index contributed by atoms with van der Waals surface area (Å²) in [5, 5.41) is 18.8. The van der Waals surface area contributed by atoms with Crippen LogP contribution in [0.25, 0.3) is 5.69 Å². The third kappa shape index (κ3) is 5.43. The van der Waals surface area contributed by atoms with Crippen LogP contribution in [0, 0.1) is 18.3 Å². The molecule has 0 bridgehead atoms. The Balaban J connectivity index is 1.83. The number of ether oxygens (including phenoxy) is 2. The second-order valence-electron chi connectivity index (χ2n) is 6.24. The van der Waals surface area contributed by atoms with Crippen LogP contribution in [0.5, 0.6) is 11.5 Å². The zero-order chi connectivity index (χ0) is 20.6. The summed E-state index contributed by atoms with van der Waals surface area (Å²) in [7, 11) is 1.63. The third-order valence-electron chi connectivity index (χ3n) is 4.21. The first-order valence-corrected chi connectivity index (χ1v) is 10.5. The number of aryl methyl sites for hydroxylation is 1. The van der Waals surface area contributed by atoms with Gasteiger partial charge in [-0.25, -0.2) is 0 Å². The van der Waals surface area contributed by atoms with E-state index in [9.17, 15) is 0 Å². The molecule has 1 aromatic heterocycles. The normalized spacial score (nSPS) is 10.6. The first-order chi connectivity index (χ1) is 14.1. The predicted molar refractivity (Wildman–Crippen MR) is 114 cm³/mol. The van der Waals surface area contributed by atoms with E-state index in [1.165, 1.54) is 0 Å². The number of rotatable bonds is 9. The number of unbranched alkanes of at least 4 members (excludes halogenated alkanes) is 1. The fourth-order valence-corrected chi connectivity index (χ4v) is 3.69. The molecular weight excluding hydrogens is 408 g/mol. The zero-order valence-electron chi connectivity index (χ0n) is 16.3. The first kappa shape index (κ1) is 21.0. The van der Waals surface area contributed by atoms with Gasteiger partial charge in [0.1, 0.15) is 18.1 Å². The lowest BCUT2D eigenvalue weighted by molar-refractivity contribution is 0.292. The highest BCUT2D eigenvalue weighted by atomic mass is 35.5. The van der Waals surface area contributed by atoms with Crippen molar-refractivity contribution in [3.05, 3.63) is 58.9 Å². The van der Waals surface area contributed by atoms with Crippen molar-refractivity contribution < 1.29 is 9.47 Å². The van der Waals surface area contributed by atoms with E-state index >= 15 is 0 Å². The van der Waals surface area contributed by atoms with Crippen LogP contribution < -0.4 is 9.47 Å². The Hall–Kier alpha value is -2.69. The number of halogens is 1. The molecule has 6 nitrogen and oxygen atoms in total. The summed E-state index contributed by atoms with van der Waals surface area (Å²) in [6, 6.07) is 15.4. The van der Waals surface area contributed by atoms with Crippen LogP contribution in [0.3, 0.4) is 0 Å². The van der Waals surface area contributed by atoms with Crippen LogP contribution in [0.15, 0.2) is 47.6 Å². The van der Waals surface area contributed by atoms with E-state index in [0.29, 0.717) is 23.0 Å². The molecule has 0 unspecified atom stereocenters. The number of thioether (sulfide) groups is 1. The highest BCUT2D eigenvalue weighted by Crippen LogP contribution is 2.27. The van der Waals surface area contributed by atoms with Crippen molar-refractivity contribution in [2.75, 3.05) is 12.9 Å². The van der Waals surface area contributed by atoms with Crippen molar-refractivity contribution in [3.63, 3.8) is 0 Å². The van der Waals surface area contributed by atoms with Crippen molar-refractivity contribution >= 4 is 23.4 Å². The molecule has 1 heterocycles. The Bertz CT molecular complexity index is 999. The summed E-state index contributed by atoms with van der Waals surface area (Å²) in [5.74, 6) is 2.94. The summed E-state index contributed by atoms with van der Waals surface area (Å²) < 4.78 is 13.0. The number of methoxy groups -OCH3 is 1. The quantitative estimate of drug-likeness (QED) is 0.344. The molecule has 0 radical (unpaired) electrons. The van der Waals surface area contributed by atoms with E-state index < -0.39 is 0 Å². The SMILES string of the molecule is COc1ccc(OCc2nnc(SCCCC#N)n2-c2ccc(C)c(Cl)c2)cc1. The zero-order valence-corrected chi connectivity index (χ0v) is 17.8. The van der Waals surface area contributed by atoms with Crippen LogP contribution >= 0.6 is 23.4 Å². The van der Waals surface area contributed by atoms with Gasteiger partial charge < -0.3 is 9.47 Å². The third-order valence-corrected chi connectivity index (χ3v) is 5.63. The molecule has 0 spiro atoms. The van der Waals surface area contributed by atoms with Crippen LogP contribution in [0.1, 0.15) is 24.2 Å². The van der Waals surface area contributed by atoms with Crippen LogP contribution in [0.2, 0.25) is 5.02 Å². The maximum atomic E-state index is 8.74. The lowest BCUT2D eigenvalue weighted by Gasteiger charge is -2.12. The highest BCUT2D eigenvalue weighted by molar-refractivity contribution is 7.99. The molecule has 0 saturated heterocycles. The van der Waals surface area contributed by atoms with Gasteiger partial charge in [0, 0.05) is 17.2 Å². The Morgan fingerprint density at radius 2 is 1.90 bits per heavy atom. The second-order valence-corrected chi connectivity index (χ2v) is 7.71. The molecule has 150 valence electrons. The Labute approximate surface area is 179 Å². The molecule has 0 aliphatic rings. The summed E-state index contributed by atoms with van der Waals surface area (Å²) in [6.45, 7) is 2.22. The summed E-state index contributed by atoms with van der Waals surface area (Å²) >= 11 is 7.90. The van der Waals surface area contributed by atoms with Gasteiger partial charge >= 0.3 is 0 Å². The first-order valence-electron chi connectivity index (χ1n) is 9.10. The minimum absolute atomic E-state index is 0.254. The number of hydrogen-bond acceptors (Lipinski definition) is 6. The van der Waals surface area contributed by atoms with E-state index in [4.69, 9.17) is 26.3 Å². The Morgan fingerprint density at radius 1 is 1.14 bits per heavy atom. The molecule has 0 saturated carbocycles. The Kier molecular flexibility index (Phi) is 7.39. The smallest absolute Gasteiger partial charge is 0.195 e. The summed E-state index contributed by atoms with van der Waals surface area (Å²) in [5.41, 5.74) is 1.88. The minimum atomic E-state index is 0.254. The molecule has 0 amide bonds. The lowest BCUT2D eigenvalue weighted by atomic mass is 10.2. The van der Waals surface area contributed by atoms with Crippen LogP contribution in [-0.2, 0) is 6.61 Å². The van der Waals surface area contributed by atoms with E-state index in [1.807, 2.05) is 54.0 Å². The lowest BCUT2D eigenvalue weighted by Crippen LogP contribution is -2.07. The topological polar surface area (TPSA) is 73.0 Å². The maximum Gasteiger partial charge on any atom is 0.195 e. The number of nitriles is 1. The predicted octanol–water partition coefficient (Wildman–Crippen LogP) is 5.21. The van der Waals surface area contributed by atoms with Crippen LogP contribution in [0.4, 0.5) is 0 Å². The van der Waals surface area contributed by atoms with Gasteiger partial charge in [-0.2, -0.15) is 5.26 Å². The van der Waals surface area contributed by atoms with Gasteiger partial charge in [-0.3, -0.25) is 4.57 Å². The molecule has 8 heteroatoms. The minimum Gasteiger partial charge on any atom is -0.497 e. The summed E-state index contributed by atoms with van der Waals surface area (Å²) in [4.78, 5) is 0. The molecule has 0 aliphatic heterocycles. The maximum absolute atomic E-state index is 8.74.